The molecule has 1 heterocycles. The summed E-state index contributed by atoms with van der Waals surface area (Å²) >= 11 is 0. The van der Waals surface area contributed by atoms with Crippen LogP contribution in [-0.2, 0) is 4.74 Å². The summed E-state index contributed by atoms with van der Waals surface area (Å²) in [6.45, 7) is 12.5. The summed E-state index contributed by atoms with van der Waals surface area (Å²) in [5, 5.41) is 1.07. The standard InChI is InChI=1S/C18H25NO2Si/c1-18(2,3)21-17(20)19-13-14(11-12-22(4,5)6)15-9-7-8-10-16(15)19/h7-13H,1-6H3/b12-11+. The Morgan fingerprint density at radius 1 is 1.18 bits per heavy atom. The number of aromatic nitrogens is 1. The van der Waals surface area contributed by atoms with Gasteiger partial charge in [0.05, 0.1) is 13.6 Å². The first-order chi connectivity index (χ1) is 10.1. The van der Waals surface area contributed by atoms with E-state index in [0.717, 1.165) is 16.5 Å². The van der Waals surface area contributed by atoms with E-state index >= 15 is 0 Å². The molecule has 3 nitrogen and oxygen atoms in total. The molecule has 2 rings (SSSR count). The molecule has 0 radical (unpaired) electrons. The number of fused-ring (bicyclic) bond motifs is 1. The number of hydrogen-bond donors (Lipinski definition) is 0. The second kappa shape index (κ2) is 5.76. The van der Waals surface area contributed by atoms with Crippen molar-refractivity contribution in [3.63, 3.8) is 0 Å². The summed E-state index contributed by atoms with van der Waals surface area (Å²) < 4.78 is 7.10. The molecule has 1 aromatic carbocycles. The number of benzene rings is 1. The Balaban J connectivity index is 2.49. The minimum absolute atomic E-state index is 0.337. The van der Waals surface area contributed by atoms with Crippen LogP contribution in [0.5, 0.6) is 0 Å². The molecule has 0 aliphatic carbocycles. The van der Waals surface area contributed by atoms with Gasteiger partial charge in [0.15, 0.2) is 0 Å². The summed E-state index contributed by atoms with van der Waals surface area (Å²) in [4.78, 5) is 12.4. The highest BCUT2D eigenvalue weighted by Crippen LogP contribution is 2.24. The highest BCUT2D eigenvalue weighted by atomic mass is 28.3. The van der Waals surface area contributed by atoms with Crippen molar-refractivity contribution in [2.24, 2.45) is 0 Å². The zero-order chi connectivity index (χ0) is 16.5. The van der Waals surface area contributed by atoms with E-state index in [9.17, 15) is 4.79 Å². The quantitative estimate of drug-likeness (QED) is 0.703. The molecule has 0 N–H and O–H groups in total. The predicted molar refractivity (Wildman–Crippen MR) is 96.0 cm³/mol. The molecule has 0 saturated carbocycles. The van der Waals surface area contributed by atoms with E-state index in [1.54, 1.807) is 4.57 Å². The normalized spacial score (nSPS) is 13.0. The van der Waals surface area contributed by atoms with Gasteiger partial charge in [-0.3, -0.25) is 4.57 Å². The fourth-order valence-electron chi connectivity index (χ4n) is 2.14. The molecule has 0 bridgehead atoms. The minimum Gasteiger partial charge on any atom is -0.443 e. The Kier molecular flexibility index (Phi) is 4.34. The molecule has 0 fully saturated rings. The van der Waals surface area contributed by atoms with Gasteiger partial charge in [-0.15, -0.1) is 0 Å². The number of para-hydroxylation sites is 1. The third-order valence-corrected chi connectivity index (χ3v) is 4.26. The molecule has 0 saturated heterocycles. The highest BCUT2D eigenvalue weighted by molar-refractivity contribution is 6.81. The van der Waals surface area contributed by atoms with Crippen molar-refractivity contribution in [1.29, 1.82) is 0 Å². The van der Waals surface area contributed by atoms with E-state index in [1.165, 1.54) is 0 Å². The Bertz CT molecular complexity index is 715. The smallest absolute Gasteiger partial charge is 0.419 e. The van der Waals surface area contributed by atoms with Crippen LogP contribution in [0.25, 0.3) is 17.0 Å². The van der Waals surface area contributed by atoms with Crippen molar-refractivity contribution >= 4 is 31.1 Å². The summed E-state index contributed by atoms with van der Waals surface area (Å²) in [5.41, 5.74) is 3.72. The maximum absolute atomic E-state index is 12.4. The van der Waals surface area contributed by atoms with Crippen molar-refractivity contribution in [3.8, 4) is 0 Å². The number of nitrogens with zero attached hydrogens (tertiary/aromatic N) is 1. The summed E-state index contributed by atoms with van der Waals surface area (Å²) in [6, 6.07) is 7.92. The van der Waals surface area contributed by atoms with E-state index in [1.807, 2.05) is 51.2 Å². The molecule has 0 unspecified atom stereocenters. The fourth-order valence-corrected chi connectivity index (χ4v) is 2.82. The second-order valence-corrected chi connectivity index (χ2v) is 12.7. The lowest BCUT2D eigenvalue weighted by molar-refractivity contribution is 0.0544. The molecule has 4 heteroatoms. The maximum Gasteiger partial charge on any atom is 0.419 e. The van der Waals surface area contributed by atoms with Crippen LogP contribution in [0.2, 0.25) is 19.6 Å². The van der Waals surface area contributed by atoms with Gasteiger partial charge in [-0.2, -0.15) is 0 Å². The fraction of sp³-hybridized carbons (Fsp3) is 0.389. The van der Waals surface area contributed by atoms with Crippen LogP contribution in [0, 0.1) is 0 Å². The molecule has 0 aliphatic rings. The van der Waals surface area contributed by atoms with Gasteiger partial charge >= 0.3 is 6.09 Å². The third kappa shape index (κ3) is 4.10. The molecule has 0 aliphatic heterocycles. The number of rotatable bonds is 2. The van der Waals surface area contributed by atoms with Crippen molar-refractivity contribution in [2.45, 2.75) is 46.0 Å². The number of ether oxygens (including phenoxy) is 1. The SMILES string of the molecule is CC(C)(C)OC(=O)n1cc(/C=C/[Si](C)(C)C)c2ccccc21. The molecule has 118 valence electrons. The first-order valence-electron chi connectivity index (χ1n) is 7.59. The molecule has 2 aromatic rings. The molecular formula is C18H25NO2Si. The van der Waals surface area contributed by atoms with Gasteiger partial charge in [-0.05, 0) is 32.4 Å². The lowest BCUT2D eigenvalue weighted by Crippen LogP contribution is -2.26. The lowest BCUT2D eigenvalue weighted by Gasteiger charge is -2.19. The molecule has 0 atom stereocenters. The monoisotopic (exact) mass is 315 g/mol. The van der Waals surface area contributed by atoms with Gasteiger partial charge in [-0.25, -0.2) is 4.79 Å². The Labute approximate surface area is 133 Å². The van der Waals surface area contributed by atoms with Crippen LogP contribution in [-0.4, -0.2) is 24.3 Å². The largest absolute Gasteiger partial charge is 0.443 e. The van der Waals surface area contributed by atoms with Gasteiger partial charge in [0.1, 0.15) is 5.60 Å². The van der Waals surface area contributed by atoms with E-state index in [0.29, 0.717) is 0 Å². The first kappa shape index (κ1) is 16.6. The zero-order valence-electron chi connectivity index (χ0n) is 14.3. The second-order valence-electron chi connectivity index (χ2n) is 7.65. The van der Waals surface area contributed by atoms with Crippen molar-refractivity contribution in [2.75, 3.05) is 0 Å². The average molecular weight is 315 g/mol. The average Bonchev–Trinajstić information content (AvgIpc) is 2.72. The van der Waals surface area contributed by atoms with E-state index < -0.39 is 13.7 Å². The van der Waals surface area contributed by atoms with Gasteiger partial charge in [-0.1, -0.05) is 49.6 Å². The molecule has 1 aromatic heterocycles. The molecule has 0 amide bonds. The predicted octanol–water partition coefficient (Wildman–Crippen LogP) is 5.32. The maximum atomic E-state index is 12.4. The highest BCUT2D eigenvalue weighted by Gasteiger charge is 2.20. The summed E-state index contributed by atoms with van der Waals surface area (Å²) in [7, 11) is -1.29. The van der Waals surface area contributed by atoms with Crippen molar-refractivity contribution < 1.29 is 9.53 Å². The topological polar surface area (TPSA) is 31.2 Å². The van der Waals surface area contributed by atoms with Crippen LogP contribution in [0.4, 0.5) is 4.79 Å². The number of carbonyl (C=O) groups is 1. The van der Waals surface area contributed by atoms with Crippen LogP contribution >= 0.6 is 0 Å². The van der Waals surface area contributed by atoms with E-state index in [4.69, 9.17) is 4.74 Å². The van der Waals surface area contributed by atoms with Crippen LogP contribution in [0.1, 0.15) is 26.3 Å². The van der Waals surface area contributed by atoms with E-state index in [-0.39, 0.29) is 6.09 Å². The molecule has 22 heavy (non-hydrogen) atoms. The Hall–Kier alpha value is -1.81. The summed E-state index contributed by atoms with van der Waals surface area (Å²) in [5.74, 6) is 0. The molecule has 0 spiro atoms. The van der Waals surface area contributed by atoms with Crippen LogP contribution < -0.4 is 0 Å². The van der Waals surface area contributed by atoms with Gasteiger partial charge in [0.25, 0.3) is 0 Å². The molecular weight excluding hydrogens is 290 g/mol. The number of hydrogen-bond acceptors (Lipinski definition) is 2. The lowest BCUT2D eigenvalue weighted by atomic mass is 10.2. The zero-order valence-corrected chi connectivity index (χ0v) is 15.3. The van der Waals surface area contributed by atoms with Gasteiger partial charge in [0, 0.05) is 11.6 Å². The van der Waals surface area contributed by atoms with Crippen LogP contribution in [0.3, 0.4) is 0 Å². The Morgan fingerprint density at radius 3 is 2.41 bits per heavy atom. The first-order valence-corrected chi connectivity index (χ1v) is 11.2. The van der Waals surface area contributed by atoms with Gasteiger partial charge < -0.3 is 4.74 Å². The Morgan fingerprint density at radius 2 is 1.82 bits per heavy atom. The van der Waals surface area contributed by atoms with Crippen molar-refractivity contribution in [3.05, 3.63) is 41.7 Å². The third-order valence-electron chi connectivity index (χ3n) is 3.10. The minimum atomic E-state index is -1.29. The van der Waals surface area contributed by atoms with Crippen LogP contribution in [0.15, 0.2) is 36.2 Å². The summed E-state index contributed by atoms with van der Waals surface area (Å²) in [6.07, 6.45) is 3.67. The van der Waals surface area contributed by atoms with Crippen molar-refractivity contribution in [1.82, 2.24) is 4.57 Å². The van der Waals surface area contributed by atoms with E-state index in [2.05, 4.69) is 31.4 Å². The number of carbonyl (C=O) groups excluding carboxylic acids is 1. The van der Waals surface area contributed by atoms with Gasteiger partial charge in [0.2, 0.25) is 0 Å².